The van der Waals surface area contributed by atoms with Gasteiger partial charge in [-0.05, 0) is 91.8 Å². The highest BCUT2D eigenvalue weighted by atomic mass is 16.3. The molecule has 9 nitrogen and oxygen atoms in total. The number of fused-ring (bicyclic) bond motifs is 4. The van der Waals surface area contributed by atoms with Crippen LogP contribution in [0.5, 0.6) is 0 Å². The number of β-amino-alcohol motifs (C(OH)–C–C–N with tert-alkyl or cyclic N) is 1. The van der Waals surface area contributed by atoms with Crippen LogP contribution in [0.4, 0.5) is 17.6 Å². The van der Waals surface area contributed by atoms with E-state index in [2.05, 4.69) is 73.0 Å². The first-order chi connectivity index (χ1) is 19.1. The smallest absolute Gasteiger partial charge is 0.248 e. The van der Waals surface area contributed by atoms with Gasteiger partial charge >= 0.3 is 0 Å². The number of rotatable bonds is 4. The number of aliphatic hydroxyl groups excluding tert-OH is 1. The number of aromatic nitrogens is 5. The van der Waals surface area contributed by atoms with Gasteiger partial charge in [0.1, 0.15) is 0 Å². The highest BCUT2D eigenvalue weighted by molar-refractivity contribution is 5.68. The van der Waals surface area contributed by atoms with Crippen molar-refractivity contribution in [3.63, 3.8) is 0 Å². The van der Waals surface area contributed by atoms with Crippen molar-refractivity contribution < 1.29 is 5.11 Å². The van der Waals surface area contributed by atoms with E-state index in [1.807, 2.05) is 6.07 Å². The first kappa shape index (κ1) is 24.2. The molecule has 1 fully saturated rings. The zero-order valence-electron chi connectivity index (χ0n) is 22.1. The molecule has 3 heterocycles. The van der Waals surface area contributed by atoms with Crippen LogP contribution in [0.3, 0.4) is 0 Å². The van der Waals surface area contributed by atoms with Crippen molar-refractivity contribution in [2.45, 2.75) is 63.5 Å². The van der Waals surface area contributed by atoms with Crippen LogP contribution < -0.4 is 11.1 Å². The zero-order valence-corrected chi connectivity index (χ0v) is 22.1. The summed E-state index contributed by atoms with van der Waals surface area (Å²) < 4.78 is 1.56. The van der Waals surface area contributed by atoms with Gasteiger partial charge in [0.2, 0.25) is 11.9 Å². The molecular formula is C30H34N8O. The van der Waals surface area contributed by atoms with Crippen molar-refractivity contribution in [1.82, 2.24) is 29.9 Å². The predicted octanol–water partition coefficient (Wildman–Crippen LogP) is 3.85. The van der Waals surface area contributed by atoms with E-state index < -0.39 is 0 Å². The van der Waals surface area contributed by atoms with Crippen LogP contribution in [0, 0.1) is 0 Å². The van der Waals surface area contributed by atoms with E-state index in [4.69, 9.17) is 5.73 Å². The second kappa shape index (κ2) is 10.1. The maximum Gasteiger partial charge on any atom is 0.248 e. The molecule has 9 heteroatoms. The summed E-state index contributed by atoms with van der Waals surface area (Å²) in [6, 6.07) is 17.5. The summed E-state index contributed by atoms with van der Waals surface area (Å²) in [6.07, 6.45) is 8.10. The van der Waals surface area contributed by atoms with E-state index in [0.717, 1.165) is 87.0 Å². The fourth-order valence-electron chi connectivity index (χ4n) is 6.49. The molecule has 2 aliphatic carbocycles. The van der Waals surface area contributed by atoms with Crippen LogP contribution in [0.25, 0.3) is 17.1 Å². The van der Waals surface area contributed by atoms with Crippen LogP contribution in [0.1, 0.15) is 47.9 Å². The van der Waals surface area contributed by atoms with Crippen LogP contribution in [-0.2, 0) is 25.7 Å². The molecule has 0 amide bonds. The molecule has 2 aromatic heterocycles. The number of nitrogens with one attached hydrogen (secondary N) is 1. The van der Waals surface area contributed by atoms with E-state index in [1.54, 1.807) is 4.68 Å². The van der Waals surface area contributed by atoms with E-state index in [-0.39, 0.29) is 12.1 Å². The van der Waals surface area contributed by atoms with Crippen LogP contribution in [0.15, 0.2) is 48.5 Å². The summed E-state index contributed by atoms with van der Waals surface area (Å²) in [5, 5.41) is 27.0. The van der Waals surface area contributed by atoms with Crippen molar-refractivity contribution >= 4 is 17.6 Å². The standard InChI is InChI=1S/C30H34N8O/c31-29-33-30(32-23-11-8-19-9-12-24(13-10-21(19)16-23)37-15-14-25(39)18-37)36-38(29)27-17-22-6-3-5-20-4-1-2-7-26(20)28(22)35-34-27/h1-2,4,7-8,11,16-17,24-25,39H,3,5-6,9-10,12-15,18H2,(H3,31,32,33,36)/t24?,25-/m1/s1. The zero-order chi connectivity index (χ0) is 26.3. The first-order valence-electron chi connectivity index (χ1n) is 14.1. The van der Waals surface area contributed by atoms with Gasteiger partial charge in [-0.25, -0.2) is 0 Å². The molecule has 4 aromatic rings. The van der Waals surface area contributed by atoms with Crippen LogP contribution >= 0.6 is 0 Å². The number of aryl methyl sites for hydroxylation is 4. The number of nitrogens with two attached hydrogens (primary N) is 1. The molecule has 0 radical (unpaired) electrons. The van der Waals surface area contributed by atoms with Gasteiger partial charge < -0.3 is 16.2 Å². The lowest BCUT2D eigenvalue weighted by Gasteiger charge is -2.26. The number of anilines is 3. The molecule has 7 rings (SSSR count). The average molecular weight is 523 g/mol. The number of benzene rings is 2. The summed E-state index contributed by atoms with van der Waals surface area (Å²) in [5.41, 5.74) is 14.6. The molecule has 0 saturated carbocycles. The fraction of sp³-hybridized carbons (Fsp3) is 0.400. The van der Waals surface area contributed by atoms with E-state index >= 15 is 0 Å². The van der Waals surface area contributed by atoms with Crippen molar-refractivity contribution in [1.29, 1.82) is 0 Å². The highest BCUT2D eigenvalue weighted by Gasteiger charge is 2.28. The third-order valence-corrected chi connectivity index (χ3v) is 8.54. The normalized spacial score (nSPS) is 20.9. The maximum absolute atomic E-state index is 9.96. The van der Waals surface area contributed by atoms with Crippen molar-refractivity contribution in [2.75, 3.05) is 24.1 Å². The summed E-state index contributed by atoms with van der Waals surface area (Å²) in [6.45, 7) is 1.82. The molecule has 1 aliphatic heterocycles. The monoisotopic (exact) mass is 522 g/mol. The molecule has 4 N–H and O–H groups in total. The predicted molar refractivity (Wildman–Crippen MR) is 151 cm³/mol. The van der Waals surface area contributed by atoms with Gasteiger partial charge in [0.05, 0.1) is 11.8 Å². The molecule has 3 aliphatic rings. The Morgan fingerprint density at radius 1 is 0.872 bits per heavy atom. The average Bonchev–Trinajstić information content (AvgIpc) is 3.40. The van der Waals surface area contributed by atoms with Crippen molar-refractivity contribution in [3.05, 3.63) is 70.8 Å². The Bertz CT molecular complexity index is 1510. The second-order valence-electron chi connectivity index (χ2n) is 11.1. The molecular weight excluding hydrogens is 488 g/mol. The van der Waals surface area contributed by atoms with E-state index in [1.165, 1.54) is 16.7 Å². The number of hydrogen-bond acceptors (Lipinski definition) is 8. The highest BCUT2D eigenvalue weighted by Crippen LogP contribution is 2.32. The molecule has 1 saturated heterocycles. The minimum Gasteiger partial charge on any atom is -0.392 e. The van der Waals surface area contributed by atoms with Gasteiger partial charge in [0.15, 0.2) is 5.82 Å². The second-order valence-corrected chi connectivity index (χ2v) is 11.1. The quantitative estimate of drug-likeness (QED) is 0.346. The Kier molecular flexibility index (Phi) is 6.25. The lowest BCUT2D eigenvalue weighted by Crippen LogP contribution is -2.34. The minimum atomic E-state index is -0.167. The molecule has 39 heavy (non-hydrogen) atoms. The Morgan fingerprint density at radius 3 is 2.59 bits per heavy atom. The van der Waals surface area contributed by atoms with Crippen LogP contribution in [0.2, 0.25) is 0 Å². The molecule has 2 atom stereocenters. The molecule has 1 unspecified atom stereocenters. The third-order valence-electron chi connectivity index (χ3n) is 8.54. The van der Waals surface area contributed by atoms with E-state index in [9.17, 15) is 5.11 Å². The van der Waals surface area contributed by atoms with Crippen molar-refractivity contribution in [3.8, 4) is 17.1 Å². The van der Waals surface area contributed by atoms with Crippen LogP contribution in [-0.4, -0.2) is 60.2 Å². The summed E-state index contributed by atoms with van der Waals surface area (Å²) >= 11 is 0. The third kappa shape index (κ3) is 4.77. The number of aliphatic hydroxyl groups is 1. The molecule has 2 aromatic carbocycles. The number of likely N-dealkylation sites (tertiary alicyclic amines) is 1. The molecule has 0 bridgehead atoms. The van der Waals surface area contributed by atoms with Gasteiger partial charge in [-0.15, -0.1) is 15.3 Å². The van der Waals surface area contributed by atoms with Gasteiger partial charge in [0, 0.05) is 30.4 Å². The topological polar surface area (TPSA) is 118 Å². The van der Waals surface area contributed by atoms with Gasteiger partial charge in [-0.2, -0.15) is 9.67 Å². The number of nitrogens with zero attached hydrogens (tertiary/aromatic N) is 6. The summed E-state index contributed by atoms with van der Waals surface area (Å²) in [5.74, 6) is 1.28. The summed E-state index contributed by atoms with van der Waals surface area (Å²) in [7, 11) is 0. The SMILES string of the molecule is Nc1nc(Nc2ccc3c(c2)CCC(N2CC[C@@H](O)C2)CC3)nn1-c1cc2c(nn1)-c1ccccc1CCC2. The number of nitrogen functional groups attached to an aromatic ring is 1. The largest absolute Gasteiger partial charge is 0.392 e. The fourth-order valence-corrected chi connectivity index (χ4v) is 6.49. The molecule has 0 spiro atoms. The van der Waals surface area contributed by atoms with Gasteiger partial charge in [0.25, 0.3) is 0 Å². The Balaban J connectivity index is 1.09. The molecule has 200 valence electrons. The lowest BCUT2D eigenvalue weighted by molar-refractivity contribution is 0.153. The van der Waals surface area contributed by atoms with Gasteiger partial charge in [-0.3, -0.25) is 4.90 Å². The van der Waals surface area contributed by atoms with Gasteiger partial charge in [-0.1, -0.05) is 30.3 Å². The lowest BCUT2D eigenvalue weighted by atomic mass is 10.0. The van der Waals surface area contributed by atoms with Crippen molar-refractivity contribution in [2.24, 2.45) is 0 Å². The first-order valence-corrected chi connectivity index (χ1v) is 14.1. The Morgan fingerprint density at radius 2 is 1.72 bits per heavy atom. The minimum absolute atomic E-state index is 0.167. The Labute approximate surface area is 228 Å². The van der Waals surface area contributed by atoms with E-state index in [0.29, 0.717) is 17.8 Å². The summed E-state index contributed by atoms with van der Waals surface area (Å²) in [4.78, 5) is 6.94. The number of hydrogen-bond donors (Lipinski definition) is 3. The maximum atomic E-state index is 9.96. The Hall–Kier alpha value is -3.82.